The van der Waals surface area contributed by atoms with E-state index in [9.17, 15) is 13.6 Å². The molecule has 1 aromatic rings. The fourth-order valence-corrected chi connectivity index (χ4v) is 0.975. The minimum atomic E-state index is -3.04. The van der Waals surface area contributed by atoms with Crippen molar-refractivity contribution in [2.24, 2.45) is 0 Å². The maximum Gasteiger partial charge on any atom is 0.354 e. The normalized spacial score (nSPS) is 10.0. The van der Waals surface area contributed by atoms with Crippen LogP contribution in [0.5, 0.6) is 0 Å². The number of carboxylic acids is 1. The van der Waals surface area contributed by atoms with Crippen molar-refractivity contribution in [2.45, 2.75) is 6.43 Å². The van der Waals surface area contributed by atoms with Gasteiger partial charge in [0.05, 0.1) is 5.69 Å². The Kier molecular flexibility index (Phi) is 2.80. The number of alkyl halides is 2. The van der Waals surface area contributed by atoms with Crippen molar-refractivity contribution in [1.29, 1.82) is 5.26 Å². The van der Waals surface area contributed by atoms with Crippen LogP contribution < -0.4 is 5.73 Å². The number of anilines is 1. The monoisotopic (exact) mass is 213 g/mol. The molecule has 0 aromatic carbocycles. The third kappa shape index (κ3) is 1.99. The summed E-state index contributed by atoms with van der Waals surface area (Å²) in [4.78, 5) is 13.6. The Morgan fingerprint density at radius 1 is 1.67 bits per heavy atom. The van der Waals surface area contributed by atoms with Gasteiger partial charge in [0.1, 0.15) is 17.3 Å². The van der Waals surface area contributed by atoms with Gasteiger partial charge in [-0.3, -0.25) is 0 Å². The van der Waals surface area contributed by atoms with Gasteiger partial charge in [0.15, 0.2) is 5.69 Å². The SMILES string of the molecule is N#Cc1c(N)cc(C(=O)O)nc1C(F)F. The smallest absolute Gasteiger partial charge is 0.354 e. The van der Waals surface area contributed by atoms with Crippen molar-refractivity contribution in [3.05, 3.63) is 23.0 Å². The van der Waals surface area contributed by atoms with E-state index in [4.69, 9.17) is 16.1 Å². The number of nitrogens with zero attached hydrogens (tertiary/aromatic N) is 2. The molecule has 0 saturated carbocycles. The molecule has 0 bridgehead atoms. The first-order valence-corrected chi connectivity index (χ1v) is 3.69. The maximum absolute atomic E-state index is 12.4. The second kappa shape index (κ2) is 3.88. The molecule has 15 heavy (non-hydrogen) atoms. The van der Waals surface area contributed by atoms with E-state index in [0.717, 1.165) is 6.07 Å². The van der Waals surface area contributed by atoms with Crippen LogP contribution in [0.2, 0.25) is 0 Å². The first-order valence-electron chi connectivity index (χ1n) is 3.69. The summed E-state index contributed by atoms with van der Waals surface area (Å²) in [5, 5.41) is 17.1. The van der Waals surface area contributed by atoms with Crippen molar-refractivity contribution >= 4 is 11.7 Å². The van der Waals surface area contributed by atoms with Gasteiger partial charge in [-0.1, -0.05) is 0 Å². The van der Waals surface area contributed by atoms with Gasteiger partial charge in [-0.05, 0) is 6.07 Å². The van der Waals surface area contributed by atoms with Crippen molar-refractivity contribution in [1.82, 2.24) is 4.98 Å². The van der Waals surface area contributed by atoms with Gasteiger partial charge in [0, 0.05) is 0 Å². The fraction of sp³-hybridized carbons (Fsp3) is 0.125. The number of pyridine rings is 1. The van der Waals surface area contributed by atoms with Crippen molar-refractivity contribution in [3.8, 4) is 6.07 Å². The number of carboxylic acid groups (broad SMARTS) is 1. The van der Waals surface area contributed by atoms with E-state index in [0.29, 0.717) is 0 Å². The quantitative estimate of drug-likeness (QED) is 0.767. The summed E-state index contributed by atoms with van der Waals surface area (Å²) in [6.07, 6.45) is -3.04. The molecule has 0 aliphatic carbocycles. The van der Waals surface area contributed by atoms with E-state index in [2.05, 4.69) is 4.98 Å². The molecular weight excluding hydrogens is 208 g/mol. The summed E-state index contributed by atoms with van der Waals surface area (Å²) in [7, 11) is 0. The number of aromatic nitrogens is 1. The Morgan fingerprint density at radius 2 is 2.27 bits per heavy atom. The molecule has 0 aliphatic heterocycles. The lowest BCUT2D eigenvalue weighted by atomic mass is 10.1. The topological polar surface area (TPSA) is 100 Å². The number of hydrogen-bond acceptors (Lipinski definition) is 4. The van der Waals surface area contributed by atoms with Gasteiger partial charge in [0.2, 0.25) is 0 Å². The second-order valence-corrected chi connectivity index (χ2v) is 2.57. The van der Waals surface area contributed by atoms with E-state index in [1.807, 2.05) is 0 Å². The number of carbonyl (C=O) groups is 1. The zero-order valence-electron chi connectivity index (χ0n) is 7.24. The molecule has 3 N–H and O–H groups in total. The fourth-order valence-electron chi connectivity index (χ4n) is 0.975. The molecule has 1 heterocycles. The molecule has 1 rings (SSSR count). The highest BCUT2D eigenvalue weighted by molar-refractivity contribution is 5.87. The summed E-state index contributed by atoms with van der Waals surface area (Å²) < 4.78 is 24.8. The van der Waals surface area contributed by atoms with E-state index in [1.165, 1.54) is 6.07 Å². The molecule has 0 spiro atoms. The molecule has 7 heteroatoms. The summed E-state index contributed by atoms with van der Waals surface area (Å²) in [5.41, 5.74) is 2.92. The lowest BCUT2D eigenvalue weighted by molar-refractivity contribution is 0.0689. The van der Waals surface area contributed by atoms with Crippen LogP contribution in [-0.2, 0) is 0 Å². The number of nitrogen functional groups attached to an aromatic ring is 1. The van der Waals surface area contributed by atoms with Crippen molar-refractivity contribution in [3.63, 3.8) is 0 Å². The first-order chi connectivity index (χ1) is 6.97. The van der Waals surface area contributed by atoms with E-state index in [-0.39, 0.29) is 5.69 Å². The van der Waals surface area contributed by atoms with Crippen LogP contribution in [0, 0.1) is 11.3 Å². The number of rotatable bonds is 2. The zero-order chi connectivity index (χ0) is 11.6. The summed E-state index contributed by atoms with van der Waals surface area (Å²) in [6, 6.07) is 2.32. The molecule has 5 nitrogen and oxygen atoms in total. The number of aromatic carboxylic acids is 1. The van der Waals surface area contributed by atoms with Crippen LogP contribution in [0.3, 0.4) is 0 Å². The van der Waals surface area contributed by atoms with Crippen LogP contribution in [0.4, 0.5) is 14.5 Å². The van der Waals surface area contributed by atoms with Gasteiger partial charge in [-0.2, -0.15) is 5.26 Å². The highest BCUT2D eigenvalue weighted by Gasteiger charge is 2.20. The largest absolute Gasteiger partial charge is 0.477 e. The van der Waals surface area contributed by atoms with Gasteiger partial charge < -0.3 is 10.8 Å². The first kappa shape index (κ1) is 10.8. The number of nitrogens with two attached hydrogens (primary N) is 1. The van der Waals surface area contributed by atoms with E-state index in [1.54, 1.807) is 0 Å². The van der Waals surface area contributed by atoms with Crippen LogP contribution in [0.25, 0.3) is 0 Å². The summed E-state index contributed by atoms with van der Waals surface area (Å²) in [5.74, 6) is -1.48. The zero-order valence-corrected chi connectivity index (χ0v) is 7.24. The van der Waals surface area contributed by atoms with Crippen LogP contribution >= 0.6 is 0 Å². The van der Waals surface area contributed by atoms with Crippen LogP contribution in [0.1, 0.15) is 28.2 Å². The Hall–Kier alpha value is -2.23. The lowest BCUT2D eigenvalue weighted by Gasteiger charge is -2.05. The maximum atomic E-state index is 12.4. The lowest BCUT2D eigenvalue weighted by Crippen LogP contribution is -2.08. The second-order valence-electron chi connectivity index (χ2n) is 2.57. The standard InChI is InChI=1S/C8H5F2N3O2/c9-7(10)6-3(2-11)4(12)1-5(13-6)8(14)15/h1,7H,(H2,12,13)(H,14,15). The molecule has 0 amide bonds. The summed E-state index contributed by atoms with van der Waals surface area (Å²) in [6.45, 7) is 0. The minimum absolute atomic E-state index is 0.319. The highest BCUT2D eigenvalue weighted by atomic mass is 19.3. The molecule has 0 aliphatic rings. The predicted octanol–water partition coefficient (Wildman–Crippen LogP) is 1.17. The Balaban J connectivity index is 3.47. The van der Waals surface area contributed by atoms with Crippen LogP contribution in [-0.4, -0.2) is 16.1 Å². The van der Waals surface area contributed by atoms with Gasteiger partial charge in [-0.25, -0.2) is 18.6 Å². The summed E-state index contributed by atoms with van der Waals surface area (Å²) >= 11 is 0. The predicted molar refractivity (Wildman–Crippen MR) is 45.3 cm³/mol. The molecule has 78 valence electrons. The third-order valence-corrected chi connectivity index (χ3v) is 1.62. The number of nitriles is 1. The third-order valence-electron chi connectivity index (χ3n) is 1.62. The van der Waals surface area contributed by atoms with Gasteiger partial charge >= 0.3 is 5.97 Å². The number of hydrogen-bond donors (Lipinski definition) is 2. The van der Waals surface area contributed by atoms with Gasteiger partial charge in [-0.15, -0.1) is 0 Å². The van der Waals surface area contributed by atoms with Gasteiger partial charge in [0.25, 0.3) is 6.43 Å². The Bertz CT molecular complexity index is 454. The molecule has 0 radical (unpaired) electrons. The molecule has 0 unspecified atom stereocenters. The molecule has 0 saturated heterocycles. The van der Waals surface area contributed by atoms with E-state index < -0.39 is 29.3 Å². The number of halogens is 2. The molecular formula is C8H5F2N3O2. The molecule has 0 atom stereocenters. The van der Waals surface area contributed by atoms with E-state index >= 15 is 0 Å². The Morgan fingerprint density at radius 3 is 2.67 bits per heavy atom. The Labute approximate surface area is 82.8 Å². The van der Waals surface area contributed by atoms with Crippen molar-refractivity contribution in [2.75, 3.05) is 5.73 Å². The molecule has 0 fully saturated rings. The minimum Gasteiger partial charge on any atom is -0.477 e. The average molecular weight is 213 g/mol. The average Bonchev–Trinajstić information content (AvgIpc) is 2.16. The molecule has 1 aromatic heterocycles. The van der Waals surface area contributed by atoms with Crippen LogP contribution in [0.15, 0.2) is 6.07 Å². The van der Waals surface area contributed by atoms with Crippen molar-refractivity contribution < 1.29 is 18.7 Å². The highest BCUT2D eigenvalue weighted by Crippen LogP contribution is 2.25.